The van der Waals surface area contributed by atoms with Gasteiger partial charge in [-0.2, -0.15) is 0 Å². The molecule has 8 aromatic carbocycles. The van der Waals surface area contributed by atoms with Crippen LogP contribution in [0.2, 0.25) is 0 Å². The molecule has 0 aliphatic carbocycles. The summed E-state index contributed by atoms with van der Waals surface area (Å²) < 4.78 is 11.4. The molecule has 0 atom stereocenters. The fourth-order valence-electron chi connectivity index (χ4n) is 8.21. The molecule has 3 heteroatoms. The first-order chi connectivity index (χ1) is 27.3. The summed E-state index contributed by atoms with van der Waals surface area (Å²) in [5.74, 6) is 0. The molecule has 0 saturated carbocycles. The van der Waals surface area contributed by atoms with E-state index in [1.165, 1.54) is 49.4 Å². The lowest BCUT2D eigenvalue weighted by atomic mass is 9.96. The van der Waals surface area contributed by atoms with Crippen LogP contribution in [-0.4, -0.2) is 9.13 Å². The molecular weight excluding hydrogens is 669 g/mol. The van der Waals surface area contributed by atoms with Crippen molar-refractivity contribution >= 4 is 65.6 Å². The Morgan fingerprint density at radius 2 is 0.818 bits per heavy atom. The SMILES string of the molecule is CC.CC.c1ccc(-n2c3ccccc3c3cc(-c4cccc(-c5cc(-n6c7ccccc7c7ccccc76)c6oc7ccccc7c6c5)c4)ccc32)cc1. The molecule has 0 aliphatic heterocycles. The summed E-state index contributed by atoms with van der Waals surface area (Å²) in [6.07, 6.45) is 0. The van der Waals surface area contributed by atoms with E-state index in [9.17, 15) is 0 Å². The van der Waals surface area contributed by atoms with E-state index in [1.54, 1.807) is 0 Å². The van der Waals surface area contributed by atoms with Crippen LogP contribution in [-0.2, 0) is 0 Å². The quantitative estimate of drug-likeness (QED) is 0.178. The second-order valence-corrected chi connectivity index (χ2v) is 13.3. The predicted molar refractivity (Wildman–Crippen MR) is 236 cm³/mol. The lowest BCUT2D eigenvalue weighted by Crippen LogP contribution is -1.95. The van der Waals surface area contributed by atoms with Crippen molar-refractivity contribution in [1.29, 1.82) is 0 Å². The van der Waals surface area contributed by atoms with Gasteiger partial charge in [0.25, 0.3) is 0 Å². The van der Waals surface area contributed by atoms with Crippen molar-refractivity contribution in [2.75, 3.05) is 0 Å². The van der Waals surface area contributed by atoms with Crippen LogP contribution in [0.5, 0.6) is 0 Å². The van der Waals surface area contributed by atoms with Gasteiger partial charge in [-0.25, -0.2) is 0 Å². The van der Waals surface area contributed by atoms with E-state index in [1.807, 2.05) is 33.8 Å². The van der Waals surface area contributed by atoms with Crippen molar-refractivity contribution in [3.63, 3.8) is 0 Å². The highest BCUT2D eigenvalue weighted by Gasteiger charge is 2.20. The molecule has 3 nitrogen and oxygen atoms in total. The maximum Gasteiger partial charge on any atom is 0.159 e. The molecule has 3 heterocycles. The number of rotatable bonds is 4. The Morgan fingerprint density at radius 1 is 0.327 bits per heavy atom. The fourth-order valence-corrected chi connectivity index (χ4v) is 8.21. The number of furan rings is 1. The Bertz CT molecular complexity index is 3090. The van der Waals surface area contributed by atoms with Crippen LogP contribution in [0.1, 0.15) is 27.7 Å². The number of fused-ring (bicyclic) bond motifs is 9. The Morgan fingerprint density at radius 3 is 1.49 bits per heavy atom. The maximum absolute atomic E-state index is 6.68. The first kappa shape index (κ1) is 34.0. The summed E-state index contributed by atoms with van der Waals surface area (Å²) in [5, 5.41) is 7.19. The van der Waals surface area contributed by atoms with E-state index in [4.69, 9.17) is 4.42 Å². The molecule has 0 N–H and O–H groups in total. The molecule has 0 saturated heterocycles. The third-order valence-electron chi connectivity index (χ3n) is 10.5. The van der Waals surface area contributed by atoms with E-state index >= 15 is 0 Å². The van der Waals surface area contributed by atoms with Crippen molar-refractivity contribution in [2.45, 2.75) is 27.7 Å². The molecule has 0 unspecified atom stereocenters. The van der Waals surface area contributed by atoms with Gasteiger partial charge in [0.2, 0.25) is 0 Å². The minimum atomic E-state index is 0.892. The van der Waals surface area contributed by atoms with Crippen LogP contribution < -0.4 is 0 Å². The molecule has 266 valence electrons. The van der Waals surface area contributed by atoms with Crippen molar-refractivity contribution in [1.82, 2.24) is 9.13 Å². The van der Waals surface area contributed by atoms with Gasteiger partial charge in [-0.05, 0) is 89.0 Å². The van der Waals surface area contributed by atoms with Crippen LogP contribution in [0.25, 0.3) is 99.2 Å². The van der Waals surface area contributed by atoms with Crippen LogP contribution in [0.15, 0.2) is 186 Å². The highest BCUT2D eigenvalue weighted by Crippen LogP contribution is 2.42. The summed E-state index contributed by atoms with van der Waals surface area (Å²) in [6.45, 7) is 8.00. The van der Waals surface area contributed by atoms with Gasteiger partial charge in [0, 0.05) is 38.0 Å². The van der Waals surface area contributed by atoms with Crippen LogP contribution >= 0.6 is 0 Å². The Labute approximate surface area is 321 Å². The van der Waals surface area contributed by atoms with Crippen LogP contribution in [0.4, 0.5) is 0 Å². The van der Waals surface area contributed by atoms with Gasteiger partial charge in [0.05, 0.1) is 27.8 Å². The van der Waals surface area contributed by atoms with Gasteiger partial charge in [-0.3, -0.25) is 0 Å². The monoisotopic (exact) mass is 710 g/mol. The van der Waals surface area contributed by atoms with Crippen molar-refractivity contribution < 1.29 is 4.42 Å². The van der Waals surface area contributed by atoms with Crippen LogP contribution in [0, 0.1) is 0 Å². The summed E-state index contributed by atoms with van der Waals surface area (Å²) in [4.78, 5) is 0. The molecule has 0 radical (unpaired) electrons. The zero-order valence-corrected chi connectivity index (χ0v) is 31.6. The molecule has 11 aromatic rings. The van der Waals surface area contributed by atoms with E-state index in [-0.39, 0.29) is 0 Å². The lowest BCUT2D eigenvalue weighted by molar-refractivity contribution is 0.666. The smallest absolute Gasteiger partial charge is 0.159 e. The molecule has 0 aliphatic rings. The number of aromatic nitrogens is 2. The third kappa shape index (κ3) is 5.51. The number of para-hydroxylation sites is 5. The standard InChI is InChI=1S/C48H30N2O.2C2H6/c1-2-15-35(16-3-1)49-42-21-8-6-19-38(42)40-28-33(25-26-45(40)49)31-13-12-14-32(27-31)34-29-41-39-20-7-11-24-47(39)51-48(41)46(30-34)50-43-22-9-4-17-36(43)37-18-5-10-23-44(37)50;2*1-2/h1-30H;2*1-2H3. The molecule has 0 bridgehead atoms. The van der Waals surface area contributed by atoms with Crippen molar-refractivity contribution in [2.24, 2.45) is 0 Å². The van der Waals surface area contributed by atoms with Crippen molar-refractivity contribution in [3.8, 4) is 33.6 Å². The second-order valence-electron chi connectivity index (χ2n) is 13.3. The molecule has 0 spiro atoms. The number of benzene rings is 8. The first-order valence-corrected chi connectivity index (χ1v) is 19.4. The molecule has 3 aromatic heterocycles. The molecular formula is C52H42N2O. The van der Waals surface area contributed by atoms with Gasteiger partial charge in [0.15, 0.2) is 5.58 Å². The average molecular weight is 711 g/mol. The maximum atomic E-state index is 6.68. The molecule has 0 fully saturated rings. The zero-order valence-electron chi connectivity index (χ0n) is 31.6. The van der Waals surface area contributed by atoms with Crippen LogP contribution in [0.3, 0.4) is 0 Å². The van der Waals surface area contributed by atoms with Gasteiger partial charge in [0.1, 0.15) is 5.58 Å². The largest absolute Gasteiger partial charge is 0.454 e. The normalized spacial score (nSPS) is 11.3. The van der Waals surface area contributed by atoms with Crippen molar-refractivity contribution in [3.05, 3.63) is 182 Å². The van der Waals surface area contributed by atoms with E-state index in [0.717, 1.165) is 49.8 Å². The first-order valence-electron chi connectivity index (χ1n) is 19.4. The molecule has 0 amide bonds. The van der Waals surface area contributed by atoms with E-state index in [2.05, 4.69) is 185 Å². The average Bonchev–Trinajstić information content (AvgIpc) is 3.93. The summed E-state index contributed by atoms with van der Waals surface area (Å²) in [7, 11) is 0. The number of hydrogen-bond donors (Lipinski definition) is 0. The molecule has 11 rings (SSSR count). The van der Waals surface area contributed by atoms with E-state index in [0.29, 0.717) is 0 Å². The zero-order chi connectivity index (χ0) is 37.5. The Kier molecular flexibility index (Phi) is 8.76. The minimum absolute atomic E-state index is 0.892. The third-order valence-corrected chi connectivity index (χ3v) is 10.5. The summed E-state index contributed by atoms with van der Waals surface area (Å²) in [6, 6.07) is 65.5. The van der Waals surface area contributed by atoms with Gasteiger partial charge >= 0.3 is 0 Å². The molecule has 55 heavy (non-hydrogen) atoms. The predicted octanol–water partition coefficient (Wildman–Crippen LogP) is 15.2. The Balaban J connectivity index is 0.000000963. The summed E-state index contributed by atoms with van der Waals surface area (Å²) in [5.41, 5.74) is 13.4. The highest BCUT2D eigenvalue weighted by atomic mass is 16.3. The number of nitrogens with zero attached hydrogens (tertiary/aromatic N) is 2. The topological polar surface area (TPSA) is 23.0 Å². The Hall–Kier alpha value is -6.84. The lowest BCUT2D eigenvalue weighted by Gasteiger charge is -2.13. The van der Waals surface area contributed by atoms with Gasteiger partial charge in [-0.1, -0.05) is 143 Å². The number of hydrogen-bond acceptors (Lipinski definition) is 1. The van der Waals surface area contributed by atoms with Gasteiger partial charge < -0.3 is 13.6 Å². The van der Waals surface area contributed by atoms with Gasteiger partial charge in [-0.15, -0.1) is 0 Å². The highest BCUT2D eigenvalue weighted by molar-refractivity contribution is 6.14. The fraction of sp³-hybridized carbons (Fsp3) is 0.0769. The minimum Gasteiger partial charge on any atom is -0.454 e. The van der Waals surface area contributed by atoms with E-state index < -0.39 is 0 Å². The second kappa shape index (κ2) is 14.2. The summed E-state index contributed by atoms with van der Waals surface area (Å²) >= 11 is 0.